The summed E-state index contributed by atoms with van der Waals surface area (Å²) in [5, 5.41) is 5.68. The maximum absolute atomic E-state index is 14.6. The maximum Gasteiger partial charge on any atom is 0.264 e. The standard InChI is InChI=1S/C66H60N4O2.C2H6/c1-15-24-52-50(32-30-39(9)65(71)69-57-27-22-20-25-55(57)67-63(69)37(6)7)40(10)35-45(16-2)44(14)60(52)54-36-46-31-29-38(8)51-33-34-53-62(49(19-5)66(72)70-58-28-23-21-26-56(58)68-64(53)70)61(51)43(13)41(11)42(12)59(46)48(18-4)47(54)17-3;1-2/h15-34H,1,6,10-11,13-14,35-36H2,2-5,7-9,12H3;1-2H3/b38-29?,39-30+,45-16+,46-31?,47-17-,48-18-,49-19+,50-32+,52-24-,59-42?,60-54?;. The Kier molecular flexibility index (Phi) is 14.7. The largest absolute Gasteiger partial charge is 0.269 e. The molecule has 2 aliphatic rings. The molecular weight excluding hydrogens is 905 g/mol. The van der Waals surface area contributed by atoms with E-state index in [-0.39, 0.29) is 11.5 Å². The van der Waals surface area contributed by atoms with Crippen LogP contribution >= 0.6 is 0 Å². The number of aromatic nitrogens is 4. The molecule has 0 saturated heterocycles. The molecule has 1 fully saturated rings. The van der Waals surface area contributed by atoms with Crippen molar-refractivity contribution in [1.82, 2.24) is 18.9 Å². The van der Waals surface area contributed by atoms with Gasteiger partial charge in [0.25, 0.3) is 11.5 Å². The monoisotopic (exact) mass is 971 g/mol. The molecule has 370 valence electrons. The summed E-state index contributed by atoms with van der Waals surface area (Å²) in [6.07, 6.45) is 17.3. The Balaban J connectivity index is 0.00000360. The van der Waals surface area contributed by atoms with E-state index in [1.807, 2.05) is 120 Å². The molecule has 7 aromatic rings. The number of pyridine rings is 1. The summed E-state index contributed by atoms with van der Waals surface area (Å²) in [5.74, 6) is 0.348. The molecule has 3 aromatic heterocycles. The Morgan fingerprint density at radius 1 is 0.689 bits per heavy atom. The van der Waals surface area contributed by atoms with Crippen molar-refractivity contribution in [1.29, 1.82) is 0 Å². The van der Waals surface area contributed by atoms with Crippen LogP contribution in [-0.2, 0) is 6.42 Å². The van der Waals surface area contributed by atoms with Crippen molar-refractivity contribution in [3.8, 4) is 0 Å². The molecule has 9 rings (SSSR count). The predicted molar refractivity (Wildman–Crippen MR) is 318 cm³/mol. The predicted octanol–water partition coefficient (Wildman–Crippen LogP) is 14.6. The summed E-state index contributed by atoms with van der Waals surface area (Å²) in [5.41, 5.74) is 17.9. The normalized spacial score (nSPS) is 18.3. The van der Waals surface area contributed by atoms with E-state index in [1.54, 1.807) is 8.97 Å². The quantitative estimate of drug-likeness (QED) is 0.130. The van der Waals surface area contributed by atoms with Crippen LogP contribution < -0.4 is 21.2 Å². The number of para-hydroxylation sites is 4. The van der Waals surface area contributed by atoms with Crippen molar-refractivity contribution < 1.29 is 4.79 Å². The van der Waals surface area contributed by atoms with Crippen LogP contribution in [0.1, 0.15) is 94.7 Å². The van der Waals surface area contributed by atoms with E-state index >= 15 is 0 Å². The first kappa shape index (κ1) is 51.9. The second-order valence-electron chi connectivity index (χ2n) is 18.8. The van der Waals surface area contributed by atoms with Gasteiger partial charge in [0.15, 0.2) is 0 Å². The van der Waals surface area contributed by atoms with Crippen LogP contribution in [0.2, 0.25) is 0 Å². The minimum atomic E-state index is -0.185. The fraction of sp³-hybridized carbons (Fsp3) is 0.176. The van der Waals surface area contributed by atoms with Crippen molar-refractivity contribution in [2.24, 2.45) is 0 Å². The average molecular weight is 971 g/mol. The summed E-state index contributed by atoms with van der Waals surface area (Å²) in [6, 6.07) is 24.1. The first-order valence-electron chi connectivity index (χ1n) is 25.5. The summed E-state index contributed by atoms with van der Waals surface area (Å²) >= 11 is 0. The highest BCUT2D eigenvalue weighted by Gasteiger charge is 2.32. The number of allylic oxidation sites excluding steroid dienone is 18. The van der Waals surface area contributed by atoms with Crippen LogP contribution in [0, 0.1) is 13.8 Å². The molecule has 3 heterocycles. The molecule has 74 heavy (non-hydrogen) atoms. The molecule has 0 amide bonds. The summed E-state index contributed by atoms with van der Waals surface area (Å²) in [6.45, 7) is 47.5. The minimum Gasteiger partial charge on any atom is -0.269 e. The molecule has 6 nitrogen and oxygen atoms in total. The van der Waals surface area contributed by atoms with E-state index in [4.69, 9.17) is 29.7 Å². The van der Waals surface area contributed by atoms with E-state index in [1.165, 1.54) is 0 Å². The number of hydrogen-bond acceptors (Lipinski definition) is 4. The Hall–Kier alpha value is -8.48. The molecular formula is C68H66N4O2. The van der Waals surface area contributed by atoms with Crippen LogP contribution in [-0.4, -0.2) is 24.8 Å². The fourth-order valence-corrected chi connectivity index (χ4v) is 10.9. The van der Waals surface area contributed by atoms with Gasteiger partial charge in [-0.2, -0.15) is 0 Å². The number of aryl methyl sites for hydroxylation is 1. The highest BCUT2D eigenvalue weighted by molar-refractivity contribution is 6.13. The molecule has 2 aliphatic carbocycles. The van der Waals surface area contributed by atoms with Crippen LogP contribution in [0.5, 0.6) is 0 Å². The van der Waals surface area contributed by atoms with E-state index < -0.39 is 0 Å². The summed E-state index contributed by atoms with van der Waals surface area (Å²) < 4.78 is 3.39. The van der Waals surface area contributed by atoms with Gasteiger partial charge in [0.2, 0.25) is 0 Å². The summed E-state index contributed by atoms with van der Waals surface area (Å²) in [7, 11) is 0. The number of rotatable bonds is 4. The van der Waals surface area contributed by atoms with E-state index in [0.29, 0.717) is 40.7 Å². The molecule has 1 saturated carbocycles. The van der Waals surface area contributed by atoms with E-state index in [0.717, 1.165) is 126 Å². The lowest BCUT2D eigenvalue weighted by atomic mass is 9.74. The van der Waals surface area contributed by atoms with Crippen molar-refractivity contribution in [3.05, 3.63) is 246 Å². The number of imidazole rings is 2. The lowest BCUT2D eigenvalue weighted by molar-refractivity contribution is 0.0958. The Morgan fingerprint density at radius 3 is 1.97 bits per heavy atom. The highest BCUT2D eigenvalue weighted by atomic mass is 16.2. The number of benzene rings is 3. The lowest BCUT2D eigenvalue weighted by Crippen LogP contribution is -2.33. The lowest BCUT2D eigenvalue weighted by Gasteiger charge is -2.30. The third-order valence-electron chi connectivity index (χ3n) is 14.6. The van der Waals surface area contributed by atoms with Gasteiger partial charge < -0.3 is 0 Å². The van der Waals surface area contributed by atoms with Gasteiger partial charge in [-0.15, -0.1) is 0 Å². The molecule has 0 radical (unpaired) electrons. The van der Waals surface area contributed by atoms with E-state index in [2.05, 4.69) is 89.9 Å². The minimum absolute atomic E-state index is 0.120. The molecule has 6 heteroatoms. The molecule has 0 spiro atoms. The average Bonchev–Trinajstić information content (AvgIpc) is 4.00. The van der Waals surface area contributed by atoms with Crippen LogP contribution in [0.25, 0.3) is 79.6 Å². The van der Waals surface area contributed by atoms with Crippen LogP contribution in [0.3, 0.4) is 0 Å². The van der Waals surface area contributed by atoms with Crippen molar-refractivity contribution in [3.63, 3.8) is 0 Å². The number of carbonyl (C=O) groups is 1. The van der Waals surface area contributed by atoms with Gasteiger partial charge in [-0.1, -0.05) is 144 Å². The number of carbonyl (C=O) groups excluding carboxylic acids is 1. The SMILES string of the molecule is C=C\C=C1C(=C2Cc3ccc(C)c4ccc5c(/c(=C\C)c(=O)n6c7ccccc7nc56)c4c(=C)c(=C)c(C)c3C(=C\C)/C2=C/C)C(=C)/C(=C/C)CC(=C)C/1=C\C=C(/C)C(=O)n1c(C(=C)C)nc2ccccc21.CC. The second kappa shape index (κ2) is 20.9. The second-order valence-corrected chi connectivity index (χ2v) is 18.8. The molecule has 0 N–H and O–H groups in total. The first-order chi connectivity index (χ1) is 35.6. The highest BCUT2D eigenvalue weighted by Crippen LogP contribution is 2.48. The third kappa shape index (κ3) is 8.44. The van der Waals surface area contributed by atoms with Gasteiger partial charge in [0, 0.05) is 21.6 Å². The van der Waals surface area contributed by atoms with Crippen molar-refractivity contribution in [2.75, 3.05) is 0 Å². The van der Waals surface area contributed by atoms with Gasteiger partial charge in [0.1, 0.15) is 11.5 Å². The fourth-order valence-electron chi connectivity index (χ4n) is 10.9. The smallest absolute Gasteiger partial charge is 0.264 e. The Bertz CT molecular complexity index is 4200. The number of nitrogens with zero attached hydrogens (tertiary/aromatic N) is 4. The Labute approximate surface area is 435 Å². The van der Waals surface area contributed by atoms with Gasteiger partial charge in [-0.05, 0) is 198 Å². The molecule has 0 unspecified atom stereocenters. The van der Waals surface area contributed by atoms with Crippen LogP contribution in [0.15, 0.2) is 197 Å². The van der Waals surface area contributed by atoms with E-state index in [9.17, 15) is 9.59 Å². The number of hydrogen-bond donors (Lipinski definition) is 0. The molecule has 0 aliphatic heterocycles. The van der Waals surface area contributed by atoms with Gasteiger partial charge >= 0.3 is 0 Å². The van der Waals surface area contributed by atoms with Gasteiger partial charge in [0.05, 0.1) is 22.1 Å². The Morgan fingerprint density at radius 2 is 1.34 bits per heavy atom. The van der Waals surface area contributed by atoms with Crippen molar-refractivity contribution >= 4 is 85.5 Å². The molecule has 0 bridgehead atoms. The van der Waals surface area contributed by atoms with Crippen LogP contribution in [0.4, 0.5) is 0 Å². The van der Waals surface area contributed by atoms with Gasteiger partial charge in [-0.3, -0.25) is 18.6 Å². The first-order valence-corrected chi connectivity index (χ1v) is 25.5. The maximum atomic E-state index is 14.6. The third-order valence-corrected chi connectivity index (χ3v) is 14.6. The summed E-state index contributed by atoms with van der Waals surface area (Å²) in [4.78, 5) is 38.7. The molecule has 0 atom stereocenters. The zero-order valence-electron chi connectivity index (χ0n) is 44.8. The number of fused-ring (bicyclic) bond motifs is 9. The zero-order valence-corrected chi connectivity index (χ0v) is 44.8. The zero-order chi connectivity index (χ0) is 53.4. The van der Waals surface area contributed by atoms with Gasteiger partial charge in [-0.25, -0.2) is 9.97 Å². The topological polar surface area (TPSA) is 69.3 Å². The van der Waals surface area contributed by atoms with Crippen molar-refractivity contribution in [2.45, 2.75) is 82.1 Å². The molecule has 4 aromatic carbocycles.